The van der Waals surface area contributed by atoms with Gasteiger partial charge in [-0.15, -0.1) is 10.2 Å². The second-order valence-corrected chi connectivity index (χ2v) is 16.5. The van der Waals surface area contributed by atoms with E-state index in [1.54, 1.807) is 0 Å². The zero-order valence-corrected chi connectivity index (χ0v) is 33.3. The van der Waals surface area contributed by atoms with Gasteiger partial charge in [0.1, 0.15) is 21.2 Å². The second-order valence-electron chi connectivity index (χ2n) is 12.8. The van der Waals surface area contributed by atoms with Gasteiger partial charge in [0.25, 0.3) is 32.1 Å². The molecule has 60 heavy (non-hydrogen) atoms. The highest BCUT2D eigenvalue weighted by atomic mass is 35.5. The Morgan fingerprint density at radius 1 is 0.483 bits per heavy atom. The summed E-state index contributed by atoms with van der Waals surface area (Å²) in [6.07, 6.45) is 0. The Bertz CT molecular complexity index is 2950. The molecule has 20 heteroatoms. The third kappa shape index (κ3) is 9.08. The number of halogens is 2. The molecule has 0 unspecified atom stereocenters. The predicted molar refractivity (Wildman–Crippen MR) is 224 cm³/mol. The van der Waals surface area contributed by atoms with Gasteiger partial charge in [-0.05, 0) is 132 Å². The number of hydrogen-bond acceptors (Lipinski definition) is 12. The van der Waals surface area contributed by atoms with Crippen LogP contribution in [0.25, 0.3) is 21.5 Å². The van der Waals surface area contributed by atoms with Crippen molar-refractivity contribution in [2.45, 2.75) is 9.79 Å². The van der Waals surface area contributed by atoms with E-state index in [2.05, 4.69) is 31.1 Å². The van der Waals surface area contributed by atoms with E-state index in [0.717, 1.165) is 12.1 Å². The molecule has 16 nitrogen and oxygen atoms in total. The zero-order chi connectivity index (χ0) is 42.9. The number of azo groups is 2. The molecule has 0 aliphatic heterocycles. The van der Waals surface area contributed by atoms with E-state index < -0.39 is 64.7 Å². The van der Waals surface area contributed by atoms with Crippen LogP contribution in [0.2, 0.25) is 10.0 Å². The third-order valence-corrected chi connectivity index (χ3v) is 11.0. The molecule has 0 heterocycles. The fraction of sp³-hybridized carbons (Fsp3) is 0. The van der Waals surface area contributed by atoms with E-state index in [-0.39, 0.29) is 44.0 Å². The second kappa shape index (κ2) is 16.5. The van der Waals surface area contributed by atoms with Crippen molar-refractivity contribution in [1.82, 2.24) is 0 Å². The van der Waals surface area contributed by atoms with Crippen LogP contribution in [0.1, 0.15) is 20.7 Å². The molecule has 0 saturated heterocycles. The van der Waals surface area contributed by atoms with Gasteiger partial charge >= 0.3 is 0 Å². The maximum atomic E-state index is 13.2. The summed E-state index contributed by atoms with van der Waals surface area (Å²) < 4.78 is 69.1. The van der Waals surface area contributed by atoms with Gasteiger partial charge in [-0.25, -0.2) is 0 Å². The first kappa shape index (κ1) is 41.4. The number of carbonyl (C=O) groups is 2. The van der Waals surface area contributed by atoms with Gasteiger partial charge in [-0.1, -0.05) is 23.2 Å². The van der Waals surface area contributed by atoms with E-state index in [0.29, 0.717) is 21.4 Å². The Morgan fingerprint density at radius 3 is 1.17 bits per heavy atom. The zero-order valence-electron chi connectivity index (χ0n) is 30.1. The number of phenols is 2. The highest BCUT2D eigenvalue weighted by Gasteiger charge is 2.24. The van der Waals surface area contributed by atoms with Gasteiger partial charge in [0.15, 0.2) is 11.5 Å². The summed E-state index contributed by atoms with van der Waals surface area (Å²) in [5, 5.41) is 44.3. The normalized spacial score (nSPS) is 12.1. The average molecular weight is 886 g/mol. The van der Waals surface area contributed by atoms with Crippen molar-refractivity contribution in [3.63, 3.8) is 0 Å². The van der Waals surface area contributed by atoms with Crippen molar-refractivity contribution in [2.75, 3.05) is 10.6 Å². The standard InChI is InChI=1S/C40H26Cl2N6O10S2/c41-25-5-9-27(10-6-25)45-47-35-33(59(53,54)55)19-23-17-29(13-15-31(23)37(35)49)43-39(51)21-1-2-22(4-3-21)40(52)44-30-14-16-32-24(18-30)20-34(60(56,57)58)36(38(32)50)48-46-28-11-7-26(42)8-12-28/h1-20,49-50H,(H,43,51)(H,44,52)(H,53,54,55)(H,56,57,58). The number of hydrogen-bond donors (Lipinski definition) is 6. The molecule has 2 amide bonds. The monoisotopic (exact) mass is 884 g/mol. The number of benzene rings is 7. The first-order valence-corrected chi connectivity index (χ1v) is 20.7. The number of carbonyl (C=O) groups excluding carboxylic acids is 2. The summed E-state index contributed by atoms with van der Waals surface area (Å²) in [4.78, 5) is 24.9. The van der Waals surface area contributed by atoms with Crippen LogP contribution in [-0.4, -0.2) is 48.0 Å². The lowest BCUT2D eigenvalue weighted by Crippen LogP contribution is -2.14. The first-order chi connectivity index (χ1) is 28.4. The number of aromatic hydroxyl groups is 2. The Balaban J connectivity index is 1.07. The minimum absolute atomic E-state index is 0.133. The molecular weight excluding hydrogens is 860 g/mol. The fourth-order valence-electron chi connectivity index (χ4n) is 5.86. The van der Waals surface area contributed by atoms with Crippen LogP contribution in [-0.2, 0) is 20.2 Å². The Morgan fingerprint density at radius 2 is 0.833 bits per heavy atom. The van der Waals surface area contributed by atoms with E-state index in [1.165, 1.54) is 109 Å². The van der Waals surface area contributed by atoms with Gasteiger partial charge in [0.05, 0.1) is 11.4 Å². The lowest BCUT2D eigenvalue weighted by Gasteiger charge is -2.12. The highest BCUT2D eigenvalue weighted by Crippen LogP contribution is 2.43. The maximum absolute atomic E-state index is 13.2. The van der Waals surface area contributed by atoms with Crippen LogP contribution in [0, 0.1) is 0 Å². The Kier molecular flexibility index (Phi) is 11.3. The van der Waals surface area contributed by atoms with E-state index in [9.17, 15) is 45.7 Å². The highest BCUT2D eigenvalue weighted by molar-refractivity contribution is 7.86. The van der Waals surface area contributed by atoms with E-state index in [1.807, 2.05) is 0 Å². The molecule has 0 spiro atoms. The number of nitrogens with zero attached hydrogens (tertiary/aromatic N) is 4. The SMILES string of the molecule is O=C(Nc1ccc2c(O)c(N=Nc3ccc(Cl)cc3)c(S(=O)(=O)O)cc2c1)c1ccc(C(=O)Nc2ccc3c(O)c(N=Nc4ccc(Cl)cc4)c(S(=O)(=O)O)cc3c2)cc1. The third-order valence-electron chi connectivity index (χ3n) is 8.77. The van der Waals surface area contributed by atoms with Gasteiger partial charge in [-0.3, -0.25) is 18.7 Å². The molecule has 7 aromatic carbocycles. The molecule has 0 fully saturated rings. The summed E-state index contributed by atoms with van der Waals surface area (Å²) >= 11 is 11.8. The molecule has 7 rings (SSSR count). The molecule has 0 radical (unpaired) electrons. The smallest absolute Gasteiger partial charge is 0.296 e. The average Bonchev–Trinajstić information content (AvgIpc) is 3.20. The summed E-state index contributed by atoms with van der Waals surface area (Å²) in [6, 6.07) is 28.3. The number of rotatable bonds is 10. The van der Waals surface area contributed by atoms with Gasteiger partial charge < -0.3 is 20.8 Å². The van der Waals surface area contributed by atoms with Crippen LogP contribution in [0.3, 0.4) is 0 Å². The number of nitrogens with one attached hydrogen (secondary N) is 2. The van der Waals surface area contributed by atoms with E-state index >= 15 is 0 Å². The lowest BCUT2D eigenvalue weighted by molar-refractivity contribution is 0.101. The minimum Gasteiger partial charge on any atom is -0.505 e. The van der Waals surface area contributed by atoms with Gasteiger partial charge in [0, 0.05) is 43.3 Å². The molecule has 0 aliphatic carbocycles. The van der Waals surface area contributed by atoms with Crippen molar-refractivity contribution < 1.29 is 45.7 Å². The van der Waals surface area contributed by atoms with Crippen LogP contribution < -0.4 is 10.6 Å². The fourth-order valence-corrected chi connectivity index (χ4v) is 7.42. The number of amides is 2. The van der Waals surface area contributed by atoms with Crippen LogP contribution in [0.5, 0.6) is 11.5 Å². The lowest BCUT2D eigenvalue weighted by atomic mass is 10.1. The molecule has 302 valence electrons. The summed E-state index contributed by atoms with van der Waals surface area (Å²) in [5.41, 5.74) is 0.242. The van der Waals surface area contributed by atoms with Crippen molar-refractivity contribution in [2.24, 2.45) is 20.5 Å². The van der Waals surface area contributed by atoms with Crippen LogP contribution in [0.4, 0.5) is 34.1 Å². The quantitative estimate of drug-likeness (QED) is 0.0559. The topological polar surface area (TPSA) is 257 Å². The molecule has 0 atom stereocenters. The van der Waals surface area contributed by atoms with E-state index in [4.69, 9.17) is 23.2 Å². The Hall–Kier alpha value is -6.80. The molecule has 7 aromatic rings. The number of fused-ring (bicyclic) bond motifs is 2. The van der Waals surface area contributed by atoms with Crippen LogP contribution in [0.15, 0.2) is 152 Å². The summed E-state index contributed by atoms with van der Waals surface area (Å²) in [7, 11) is -9.81. The molecule has 0 aliphatic rings. The van der Waals surface area contributed by atoms with Crippen LogP contribution >= 0.6 is 23.2 Å². The summed E-state index contributed by atoms with van der Waals surface area (Å²) in [6.45, 7) is 0. The van der Waals surface area contributed by atoms with Crippen molar-refractivity contribution in [3.05, 3.63) is 142 Å². The van der Waals surface area contributed by atoms with Crippen molar-refractivity contribution >= 4 is 111 Å². The largest absolute Gasteiger partial charge is 0.505 e. The Labute approximate surface area is 350 Å². The van der Waals surface area contributed by atoms with Crippen molar-refractivity contribution in [3.8, 4) is 11.5 Å². The van der Waals surface area contributed by atoms with Gasteiger partial charge in [0.2, 0.25) is 0 Å². The molecule has 0 saturated carbocycles. The number of phenolic OH excluding ortho intramolecular Hbond substituents is 2. The molecular formula is C40H26Cl2N6O10S2. The van der Waals surface area contributed by atoms with Crippen molar-refractivity contribution in [1.29, 1.82) is 0 Å². The summed E-state index contributed by atoms with van der Waals surface area (Å²) in [5.74, 6) is -2.39. The minimum atomic E-state index is -4.91. The first-order valence-electron chi connectivity index (χ1n) is 17.1. The molecule has 0 bridgehead atoms. The predicted octanol–water partition coefficient (Wildman–Crippen LogP) is 10.5. The maximum Gasteiger partial charge on any atom is 0.296 e. The number of anilines is 2. The van der Waals surface area contributed by atoms with Gasteiger partial charge in [-0.2, -0.15) is 27.1 Å². The molecule has 0 aromatic heterocycles. The molecule has 6 N–H and O–H groups in total.